The van der Waals surface area contributed by atoms with E-state index in [-0.39, 0.29) is 17.4 Å². The molecule has 0 saturated carbocycles. The zero-order valence-corrected chi connectivity index (χ0v) is 15.6. The number of aryl methyl sites for hydroxylation is 1. The van der Waals surface area contributed by atoms with Gasteiger partial charge in [0.1, 0.15) is 17.4 Å². The lowest BCUT2D eigenvalue weighted by molar-refractivity contribution is -0.0506. The number of hydrogen-bond acceptors (Lipinski definition) is 3. The number of rotatable bonds is 4. The zero-order chi connectivity index (χ0) is 20.8. The Balaban J connectivity index is 1.66. The first-order valence-corrected chi connectivity index (χ1v) is 9.44. The molecule has 2 aromatic heterocycles. The van der Waals surface area contributed by atoms with Gasteiger partial charge in [-0.3, -0.25) is 4.79 Å². The van der Waals surface area contributed by atoms with Crippen LogP contribution in [0.4, 0.5) is 13.2 Å². The second-order valence-electron chi connectivity index (χ2n) is 7.13. The molecule has 152 valence electrons. The van der Waals surface area contributed by atoms with Gasteiger partial charge in [-0.05, 0) is 24.6 Å². The average Bonchev–Trinajstić information content (AvgIpc) is 3.27. The van der Waals surface area contributed by atoms with Crippen molar-refractivity contribution in [3.63, 3.8) is 0 Å². The molecule has 4 aromatic rings. The van der Waals surface area contributed by atoms with Crippen molar-refractivity contribution in [2.45, 2.75) is 25.5 Å². The van der Waals surface area contributed by atoms with Crippen molar-refractivity contribution in [3.05, 3.63) is 82.3 Å². The molecule has 0 radical (unpaired) electrons. The van der Waals surface area contributed by atoms with E-state index in [1.54, 1.807) is 30.3 Å². The number of alkyl halides is 2. The highest BCUT2D eigenvalue weighted by Gasteiger charge is 2.30. The number of H-pyrrole nitrogens is 1. The molecule has 0 amide bonds. The fraction of sp³-hybridized carbons (Fsp3) is 0.182. The first kappa shape index (κ1) is 18.5. The number of ether oxygens (including phenoxy) is 1. The normalized spacial score (nSPS) is 15.7. The third-order valence-corrected chi connectivity index (χ3v) is 5.39. The van der Waals surface area contributed by atoms with E-state index in [1.807, 2.05) is 4.57 Å². The number of nitrogens with zero attached hydrogens (tertiary/aromatic N) is 2. The number of halogens is 3. The summed E-state index contributed by atoms with van der Waals surface area (Å²) < 4.78 is 47.2. The van der Waals surface area contributed by atoms with E-state index in [0.717, 1.165) is 5.82 Å². The summed E-state index contributed by atoms with van der Waals surface area (Å²) in [6, 6.07) is 12.4. The predicted molar refractivity (Wildman–Crippen MR) is 105 cm³/mol. The number of aromatic amines is 1. The number of nitrogens with one attached hydrogen (secondary N) is 1. The van der Waals surface area contributed by atoms with Gasteiger partial charge in [0.15, 0.2) is 0 Å². The second kappa shape index (κ2) is 7.05. The summed E-state index contributed by atoms with van der Waals surface area (Å²) in [6.45, 7) is -2.92. The van der Waals surface area contributed by atoms with Crippen LogP contribution in [0.2, 0.25) is 0 Å². The van der Waals surface area contributed by atoms with Gasteiger partial charge in [0.25, 0.3) is 0 Å². The highest BCUT2D eigenvalue weighted by molar-refractivity contribution is 5.83. The Kier molecular flexibility index (Phi) is 4.34. The number of para-hydroxylation sites is 1. The summed E-state index contributed by atoms with van der Waals surface area (Å²) in [7, 11) is 0. The molecule has 0 saturated heterocycles. The summed E-state index contributed by atoms with van der Waals surface area (Å²) in [5.74, 6) is 0.430. The Labute approximate surface area is 168 Å². The van der Waals surface area contributed by atoms with Crippen LogP contribution in [0.3, 0.4) is 0 Å². The molecular weight excluding hydrogens is 395 g/mol. The summed E-state index contributed by atoms with van der Waals surface area (Å²) in [5, 5.41) is 0. The molecular formula is C22H16F3N3O2. The van der Waals surface area contributed by atoms with E-state index in [4.69, 9.17) is 4.74 Å². The van der Waals surface area contributed by atoms with Gasteiger partial charge in [-0.15, -0.1) is 0 Å². The zero-order valence-electron chi connectivity index (χ0n) is 15.6. The van der Waals surface area contributed by atoms with Crippen molar-refractivity contribution in [1.82, 2.24) is 14.5 Å². The first-order chi connectivity index (χ1) is 14.5. The van der Waals surface area contributed by atoms with Crippen LogP contribution in [0, 0.1) is 5.82 Å². The van der Waals surface area contributed by atoms with E-state index in [2.05, 4.69) is 9.97 Å². The molecule has 0 fully saturated rings. The van der Waals surface area contributed by atoms with Gasteiger partial charge in [-0.25, -0.2) is 9.37 Å². The molecule has 1 aliphatic heterocycles. The molecule has 1 N–H and O–H groups in total. The fourth-order valence-corrected chi connectivity index (χ4v) is 4.14. The predicted octanol–water partition coefficient (Wildman–Crippen LogP) is 4.67. The Morgan fingerprint density at radius 3 is 2.77 bits per heavy atom. The highest BCUT2D eigenvalue weighted by Crippen LogP contribution is 2.40. The highest BCUT2D eigenvalue weighted by atomic mass is 19.3. The minimum absolute atomic E-state index is 0.121. The number of fused-ring (bicyclic) bond motifs is 3. The fourth-order valence-electron chi connectivity index (χ4n) is 4.14. The van der Waals surface area contributed by atoms with Crippen LogP contribution in [-0.4, -0.2) is 21.1 Å². The minimum atomic E-state index is -2.92. The van der Waals surface area contributed by atoms with Crippen LogP contribution >= 0.6 is 0 Å². The van der Waals surface area contributed by atoms with E-state index in [9.17, 15) is 18.0 Å². The molecule has 5 nitrogen and oxygen atoms in total. The second-order valence-corrected chi connectivity index (χ2v) is 7.13. The van der Waals surface area contributed by atoms with E-state index < -0.39 is 12.4 Å². The molecule has 1 aliphatic rings. The molecule has 0 bridgehead atoms. The molecule has 5 rings (SSSR count). The van der Waals surface area contributed by atoms with Gasteiger partial charge in [-0.1, -0.05) is 18.2 Å². The van der Waals surface area contributed by atoms with Crippen LogP contribution in [0.1, 0.15) is 23.9 Å². The van der Waals surface area contributed by atoms with Gasteiger partial charge in [0, 0.05) is 41.4 Å². The maximum atomic E-state index is 14.8. The molecule has 2 aromatic carbocycles. The van der Waals surface area contributed by atoms with Gasteiger partial charge >= 0.3 is 6.61 Å². The average molecular weight is 411 g/mol. The maximum Gasteiger partial charge on any atom is 0.387 e. The van der Waals surface area contributed by atoms with Crippen molar-refractivity contribution >= 4 is 11.0 Å². The van der Waals surface area contributed by atoms with Crippen molar-refractivity contribution in [2.24, 2.45) is 0 Å². The molecule has 0 spiro atoms. The van der Waals surface area contributed by atoms with Crippen molar-refractivity contribution in [3.8, 4) is 16.9 Å². The Bertz CT molecular complexity index is 1290. The van der Waals surface area contributed by atoms with Crippen molar-refractivity contribution < 1.29 is 17.9 Å². The molecule has 3 heterocycles. The van der Waals surface area contributed by atoms with Crippen molar-refractivity contribution in [1.29, 1.82) is 0 Å². The Morgan fingerprint density at radius 1 is 1.17 bits per heavy atom. The molecule has 1 unspecified atom stereocenters. The third kappa shape index (κ3) is 3.04. The van der Waals surface area contributed by atoms with E-state index in [1.165, 1.54) is 24.4 Å². The van der Waals surface area contributed by atoms with Gasteiger partial charge in [0.05, 0.1) is 17.1 Å². The smallest absolute Gasteiger partial charge is 0.387 e. The van der Waals surface area contributed by atoms with Crippen LogP contribution in [0.25, 0.3) is 22.2 Å². The largest absolute Gasteiger partial charge is 0.434 e. The lowest BCUT2D eigenvalue weighted by atomic mass is 10.0. The Hall–Kier alpha value is -3.55. The van der Waals surface area contributed by atoms with E-state index in [0.29, 0.717) is 40.6 Å². The van der Waals surface area contributed by atoms with Crippen LogP contribution in [0.5, 0.6) is 5.75 Å². The number of pyridine rings is 1. The summed E-state index contributed by atoms with van der Waals surface area (Å²) in [6.07, 6.45) is 2.77. The SMILES string of the molecule is O=c1ccc(-c2cc3c(cc2F)nc2n3C(c3ccccc3OC(F)F)CC2)c[nH]1. The van der Waals surface area contributed by atoms with Crippen molar-refractivity contribution in [2.75, 3.05) is 0 Å². The van der Waals surface area contributed by atoms with Gasteiger partial charge in [0.2, 0.25) is 5.56 Å². The third-order valence-electron chi connectivity index (χ3n) is 5.39. The number of aromatic nitrogens is 3. The maximum absolute atomic E-state index is 14.8. The van der Waals surface area contributed by atoms with Crippen LogP contribution < -0.4 is 10.3 Å². The quantitative estimate of drug-likeness (QED) is 0.531. The summed E-state index contributed by atoms with van der Waals surface area (Å²) >= 11 is 0. The molecule has 1 atom stereocenters. The van der Waals surface area contributed by atoms with Gasteiger partial charge < -0.3 is 14.3 Å². The molecule has 30 heavy (non-hydrogen) atoms. The van der Waals surface area contributed by atoms with Crippen LogP contribution in [-0.2, 0) is 6.42 Å². The standard InChI is InChI=1S/C22H16F3N3O2/c23-15-10-16-18(9-14(15)12-5-8-21(29)26-11-12)28-17(6-7-20(28)27-16)13-3-1-2-4-19(13)30-22(24)25/h1-5,8-11,17,22H,6-7H2,(H,26,29). The Morgan fingerprint density at radius 2 is 2.00 bits per heavy atom. The number of benzene rings is 2. The number of hydrogen-bond donors (Lipinski definition) is 1. The molecule has 8 heteroatoms. The minimum Gasteiger partial charge on any atom is -0.434 e. The first-order valence-electron chi connectivity index (χ1n) is 9.44. The topological polar surface area (TPSA) is 59.9 Å². The summed E-state index contributed by atoms with van der Waals surface area (Å²) in [5.41, 5.74) is 2.39. The lowest BCUT2D eigenvalue weighted by Crippen LogP contribution is -2.10. The summed E-state index contributed by atoms with van der Waals surface area (Å²) in [4.78, 5) is 18.4. The number of imidazole rings is 1. The lowest BCUT2D eigenvalue weighted by Gasteiger charge is -2.19. The van der Waals surface area contributed by atoms with Crippen LogP contribution in [0.15, 0.2) is 59.5 Å². The molecule has 0 aliphatic carbocycles. The van der Waals surface area contributed by atoms with Gasteiger partial charge in [-0.2, -0.15) is 8.78 Å². The monoisotopic (exact) mass is 411 g/mol. The van der Waals surface area contributed by atoms with E-state index >= 15 is 0 Å².